The molecule has 10 heteroatoms. The van der Waals surface area contributed by atoms with Crippen molar-refractivity contribution < 1.29 is 27.1 Å². The molecule has 0 aromatic heterocycles. The molecule has 0 bridgehead atoms. The van der Waals surface area contributed by atoms with Gasteiger partial charge in [0.1, 0.15) is 24.2 Å². The summed E-state index contributed by atoms with van der Waals surface area (Å²) in [5, 5.41) is 2.84. The lowest BCUT2D eigenvalue weighted by Gasteiger charge is -2.33. The maximum absolute atomic E-state index is 14.7. The van der Waals surface area contributed by atoms with Gasteiger partial charge in [0.15, 0.2) is 0 Å². The number of ether oxygens (including phenoxy) is 1. The Morgan fingerprint density at radius 3 is 2.33 bits per heavy atom. The van der Waals surface area contributed by atoms with Crippen LogP contribution in [0.4, 0.5) is 10.1 Å². The quantitative estimate of drug-likeness (QED) is 0.347. The van der Waals surface area contributed by atoms with Crippen LogP contribution >= 0.6 is 0 Å². The number of hydrogen-bond acceptors (Lipinski definition) is 5. The fourth-order valence-corrected chi connectivity index (χ4v) is 4.95. The van der Waals surface area contributed by atoms with E-state index in [0.717, 1.165) is 16.1 Å². The summed E-state index contributed by atoms with van der Waals surface area (Å²) >= 11 is 0. The number of benzene rings is 3. The topological polar surface area (TPSA) is 96.0 Å². The molecule has 0 saturated heterocycles. The summed E-state index contributed by atoms with van der Waals surface area (Å²) < 4.78 is 46.6. The average molecular weight is 556 g/mol. The molecule has 0 unspecified atom stereocenters. The third-order valence-corrected chi connectivity index (χ3v) is 7.28. The van der Waals surface area contributed by atoms with Crippen LogP contribution in [0.2, 0.25) is 0 Å². The fourth-order valence-electron chi connectivity index (χ4n) is 4.11. The van der Waals surface area contributed by atoms with Crippen molar-refractivity contribution in [1.29, 1.82) is 0 Å². The molecular formula is C29H34FN3O5S. The highest BCUT2D eigenvalue weighted by molar-refractivity contribution is 7.92. The summed E-state index contributed by atoms with van der Waals surface area (Å²) in [7, 11) is -2.46. The minimum Gasteiger partial charge on any atom is -0.497 e. The summed E-state index contributed by atoms with van der Waals surface area (Å²) in [4.78, 5) is 28.6. The molecule has 0 fully saturated rings. The molecule has 3 rings (SSSR count). The van der Waals surface area contributed by atoms with E-state index in [-0.39, 0.29) is 24.2 Å². The Morgan fingerprint density at radius 1 is 1.00 bits per heavy atom. The van der Waals surface area contributed by atoms with Crippen LogP contribution in [0.25, 0.3) is 0 Å². The van der Waals surface area contributed by atoms with Crippen molar-refractivity contribution in [2.45, 2.75) is 32.4 Å². The molecule has 1 N–H and O–H groups in total. The van der Waals surface area contributed by atoms with Gasteiger partial charge < -0.3 is 15.0 Å². The van der Waals surface area contributed by atoms with Crippen LogP contribution in [0, 0.1) is 5.82 Å². The summed E-state index contributed by atoms with van der Waals surface area (Å²) in [5.41, 5.74) is 1.24. The van der Waals surface area contributed by atoms with E-state index in [0.29, 0.717) is 18.7 Å². The molecule has 1 atom stereocenters. The maximum atomic E-state index is 14.7. The monoisotopic (exact) mass is 555 g/mol. The van der Waals surface area contributed by atoms with Gasteiger partial charge in [-0.1, -0.05) is 61.5 Å². The van der Waals surface area contributed by atoms with Crippen molar-refractivity contribution in [3.63, 3.8) is 0 Å². The Hall–Kier alpha value is -3.92. The van der Waals surface area contributed by atoms with Crippen LogP contribution in [0.15, 0.2) is 78.9 Å². The predicted molar refractivity (Wildman–Crippen MR) is 149 cm³/mol. The van der Waals surface area contributed by atoms with Gasteiger partial charge in [-0.3, -0.25) is 13.9 Å². The molecule has 0 saturated carbocycles. The molecule has 3 aromatic rings. The van der Waals surface area contributed by atoms with Gasteiger partial charge in [0.05, 0.1) is 19.1 Å². The van der Waals surface area contributed by atoms with E-state index in [1.807, 2.05) is 37.3 Å². The van der Waals surface area contributed by atoms with E-state index in [2.05, 4.69) is 5.32 Å². The Kier molecular flexibility index (Phi) is 10.4. The minimum absolute atomic E-state index is 0.161. The van der Waals surface area contributed by atoms with Crippen molar-refractivity contribution in [3.05, 3.63) is 95.8 Å². The van der Waals surface area contributed by atoms with Crippen LogP contribution in [0.3, 0.4) is 0 Å². The number of carbonyl (C=O) groups excluding carboxylic acids is 2. The number of hydrogen-bond donors (Lipinski definition) is 1. The Labute approximate surface area is 229 Å². The van der Waals surface area contributed by atoms with Crippen molar-refractivity contribution in [3.8, 4) is 5.75 Å². The first-order chi connectivity index (χ1) is 18.6. The normalized spacial score (nSPS) is 11.9. The third-order valence-electron chi connectivity index (χ3n) is 6.14. The van der Waals surface area contributed by atoms with Crippen LogP contribution in [-0.4, -0.2) is 57.6 Å². The lowest BCUT2D eigenvalue weighted by molar-refractivity contribution is -0.140. The molecule has 0 aliphatic heterocycles. The molecule has 2 amide bonds. The Morgan fingerprint density at radius 2 is 1.69 bits per heavy atom. The zero-order chi connectivity index (χ0) is 28.4. The molecular weight excluding hydrogens is 521 g/mol. The number of anilines is 1. The standard InChI is InChI=1S/C29H34FN3O5S/c1-4-17-31-29(35)27(18-22-11-6-5-7-12-22)32(20-23-13-8-9-16-26(23)30)28(34)21-33(39(3,36)37)24-14-10-15-25(19-24)38-2/h5-16,19,27H,4,17-18,20-21H2,1-3H3,(H,31,35)/t27-/m0/s1. The highest BCUT2D eigenvalue weighted by atomic mass is 32.2. The van der Waals surface area contributed by atoms with Gasteiger partial charge in [-0.25, -0.2) is 12.8 Å². The van der Waals surface area contributed by atoms with Crippen LogP contribution < -0.4 is 14.4 Å². The first-order valence-electron chi connectivity index (χ1n) is 12.6. The number of halogens is 1. The molecule has 8 nitrogen and oxygen atoms in total. The first-order valence-corrected chi connectivity index (χ1v) is 14.4. The Balaban J connectivity index is 2.05. The molecule has 0 heterocycles. The van der Waals surface area contributed by atoms with E-state index in [1.54, 1.807) is 24.3 Å². The van der Waals surface area contributed by atoms with Crippen molar-refractivity contribution >= 4 is 27.5 Å². The van der Waals surface area contributed by atoms with E-state index >= 15 is 0 Å². The highest BCUT2D eigenvalue weighted by Crippen LogP contribution is 2.24. The van der Waals surface area contributed by atoms with Gasteiger partial charge in [-0.05, 0) is 30.2 Å². The third kappa shape index (κ3) is 8.28. The number of sulfonamides is 1. The maximum Gasteiger partial charge on any atom is 0.244 e. The van der Waals surface area contributed by atoms with Gasteiger partial charge in [0.2, 0.25) is 21.8 Å². The van der Waals surface area contributed by atoms with E-state index in [4.69, 9.17) is 4.74 Å². The largest absolute Gasteiger partial charge is 0.497 e. The first kappa shape index (κ1) is 29.6. The van der Waals surface area contributed by atoms with Crippen molar-refractivity contribution in [2.75, 3.05) is 30.8 Å². The number of nitrogens with zero attached hydrogens (tertiary/aromatic N) is 2. The van der Waals surface area contributed by atoms with Gasteiger partial charge in [-0.2, -0.15) is 0 Å². The average Bonchev–Trinajstić information content (AvgIpc) is 2.93. The number of carbonyl (C=O) groups is 2. The molecule has 208 valence electrons. The lowest BCUT2D eigenvalue weighted by Crippen LogP contribution is -2.53. The molecule has 0 aliphatic rings. The van der Waals surface area contributed by atoms with E-state index in [9.17, 15) is 22.4 Å². The highest BCUT2D eigenvalue weighted by Gasteiger charge is 2.33. The van der Waals surface area contributed by atoms with Gasteiger partial charge in [0, 0.05) is 31.1 Å². The number of nitrogens with one attached hydrogen (secondary N) is 1. The molecule has 3 aromatic carbocycles. The van der Waals surface area contributed by atoms with Gasteiger partial charge >= 0.3 is 0 Å². The van der Waals surface area contributed by atoms with Crippen LogP contribution in [0.1, 0.15) is 24.5 Å². The number of methoxy groups -OCH3 is 1. The predicted octanol–water partition coefficient (Wildman–Crippen LogP) is 3.77. The van der Waals surface area contributed by atoms with Gasteiger partial charge in [-0.15, -0.1) is 0 Å². The molecule has 0 spiro atoms. The number of amides is 2. The second-order valence-corrected chi connectivity index (χ2v) is 11.0. The SMILES string of the molecule is CCCNC(=O)[C@H](Cc1ccccc1)N(Cc1ccccc1F)C(=O)CN(c1cccc(OC)c1)S(C)(=O)=O. The Bertz CT molecular complexity index is 1370. The minimum atomic E-state index is -3.92. The summed E-state index contributed by atoms with van der Waals surface area (Å²) in [6.07, 6.45) is 1.84. The molecule has 39 heavy (non-hydrogen) atoms. The van der Waals surface area contributed by atoms with Crippen LogP contribution in [-0.2, 0) is 32.6 Å². The summed E-state index contributed by atoms with van der Waals surface area (Å²) in [5.74, 6) is -1.18. The summed E-state index contributed by atoms with van der Waals surface area (Å²) in [6.45, 7) is 1.49. The zero-order valence-corrected chi connectivity index (χ0v) is 23.2. The van der Waals surface area contributed by atoms with E-state index in [1.165, 1.54) is 36.3 Å². The van der Waals surface area contributed by atoms with Crippen molar-refractivity contribution in [1.82, 2.24) is 10.2 Å². The zero-order valence-electron chi connectivity index (χ0n) is 22.3. The second kappa shape index (κ2) is 13.7. The number of rotatable bonds is 13. The summed E-state index contributed by atoms with van der Waals surface area (Å²) in [6, 6.07) is 20.5. The fraction of sp³-hybridized carbons (Fsp3) is 0.310. The van der Waals surface area contributed by atoms with Crippen molar-refractivity contribution in [2.24, 2.45) is 0 Å². The van der Waals surface area contributed by atoms with Gasteiger partial charge in [0.25, 0.3) is 0 Å². The lowest BCUT2D eigenvalue weighted by atomic mass is 10.0. The molecule has 0 aliphatic carbocycles. The van der Waals surface area contributed by atoms with Crippen LogP contribution in [0.5, 0.6) is 5.75 Å². The van der Waals surface area contributed by atoms with E-state index < -0.39 is 40.2 Å². The second-order valence-electron chi connectivity index (χ2n) is 9.08. The smallest absolute Gasteiger partial charge is 0.244 e. The molecule has 0 radical (unpaired) electrons.